The molecule has 1 saturated carbocycles. The fraction of sp³-hybridized carbons (Fsp3) is 0.529. The molecular weight excluding hydrogens is 268 g/mol. The van der Waals surface area contributed by atoms with Crippen molar-refractivity contribution in [2.75, 3.05) is 0 Å². The van der Waals surface area contributed by atoms with Crippen LogP contribution in [0.3, 0.4) is 0 Å². The second kappa shape index (κ2) is 6.74. The molecule has 0 saturated heterocycles. The molecule has 114 valence electrons. The minimum absolute atomic E-state index is 0.244. The van der Waals surface area contributed by atoms with Crippen LogP contribution in [0.25, 0.3) is 0 Å². The molecule has 0 bridgehead atoms. The molecular formula is C17H22O4. The number of benzene rings is 1. The summed E-state index contributed by atoms with van der Waals surface area (Å²) in [6.07, 6.45) is 5.16. The van der Waals surface area contributed by atoms with Gasteiger partial charge in [-0.25, -0.2) is 4.79 Å². The molecule has 1 aliphatic rings. The number of aliphatic carboxylic acids is 1. The topological polar surface area (TPSA) is 74.6 Å². The number of unbranched alkanes of at least 4 members (excludes halogenated alkanes) is 1. The van der Waals surface area contributed by atoms with Gasteiger partial charge in [-0.2, -0.15) is 0 Å². The van der Waals surface area contributed by atoms with Crippen LogP contribution in [0, 0.1) is 5.92 Å². The Hall–Kier alpha value is -1.84. The van der Waals surface area contributed by atoms with Crippen LogP contribution in [-0.4, -0.2) is 22.2 Å². The van der Waals surface area contributed by atoms with E-state index in [0.717, 1.165) is 36.8 Å². The molecule has 1 fully saturated rings. The maximum absolute atomic E-state index is 11.4. The van der Waals surface area contributed by atoms with E-state index in [4.69, 9.17) is 5.11 Å². The monoisotopic (exact) mass is 290 g/mol. The summed E-state index contributed by atoms with van der Waals surface area (Å²) in [6.45, 7) is 2.04. The second-order valence-electron chi connectivity index (χ2n) is 5.87. The summed E-state index contributed by atoms with van der Waals surface area (Å²) in [5.74, 6) is -1.68. The molecule has 4 heteroatoms. The molecule has 21 heavy (non-hydrogen) atoms. The van der Waals surface area contributed by atoms with Crippen molar-refractivity contribution in [2.45, 2.75) is 51.4 Å². The molecule has 1 unspecified atom stereocenters. The van der Waals surface area contributed by atoms with Crippen molar-refractivity contribution >= 4 is 11.9 Å². The van der Waals surface area contributed by atoms with Crippen molar-refractivity contribution in [1.29, 1.82) is 0 Å². The van der Waals surface area contributed by atoms with Gasteiger partial charge in [0.15, 0.2) is 0 Å². The van der Waals surface area contributed by atoms with Gasteiger partial charge in [-0.15, -0.1) is 0 Å². The molecule has 0 heterocycles. The Kier molecular flexibility index (Phi) is 4.99. The Bertz CT molecular complexity index is 532. The van der Waals surface area contributed by atoms with Gasteiger partial charge in [-0.1, -0.05) is 25.8 Å². The number of carboxylic acids is 2. The summed E-state index contributed by atoms with van der Waals surface area (Å²) in [4.78, 5) is 22.5. The minimum atomic E-state index is -0.959. The molecule has 1 aromatic carbocycles. The zero-order chi connectivity index (χ0) is 15.4. The standard InChI is InChI=1S/C17H22O4/c1-2-3-4-12(16(18)19)9-14-10-13(17(20)21)7-8-15(14)11-5-6-11/h7-8,10-12H,2-6,9H2,1H3,(H,18,19)(H,20,21). The average molecular weight is 290 g/mol. The van der Waals surface area contributed by atoms with Gasteiger partial charge < -0.3 is 10.2 Å². The third-order valence-corrected chi connectivity index (χ3v) is 4.13. The smallest absolute Gasteiger partial charge is 0.335 e. The largest absolute Gasteiger partial charge is 0.481 e. The van der Waals surface area contributed by atoms with E-state index < -0.39 is 17.9 Å². The van der Waals surface area contributed by atoms with E-state index in [9.17, 15) is 14.7 Å². The van der Waals surface area contributed by atoms with E-state index in [1.807, 2.05) is 13.0 Å². The van der Waals surface area contributed by atoms with Crippen LogP contribution >= 0.6 is 0 Å². The van der Waals surface area contributed by atoms with E-state index in [1.165, 1.54) is 0 Å². The maximum atomic E-state index is 11.4. The highest BCUT2D eigenvalue weighted by molar-refractivity contribution is 5.88. The van der Waals surface area contributed by atoms with Gasteiger partial charge in [0.25, 0.3) is 0 Å². The highest BCUT2D eigenvalue weighted by Crippen LogP contribution is 2.42. The van der Waals surface area contributed by atoms with Crippen molar-refractivity contribution < 1.29 is 19.8 Å². The molecule has 0 aromatic heterocycles. The van der Waals surface area contributed by atoms with E-state index in [2.05, 4.69) is 0 Å². The maximum Gasteiger partial charge on any atom is 0.335 e. The highest BCUT2D eigenvalue weighted by Gasteiger charge is 2.28. The first-order valence-electron chi connectivity index (χ1n) is 7.61. The Labute approximate surface area is 124 Å². The number of carboxylic acid groups (broad SMARTS) is 2. The van der Waals surface area contributed by atoms with Crippen molar-refractivity contribution in [3.63, 3.8) is 0 Å². The van der Waals surface area contributed by atoms with Crippen molar-refractivity contribution in [1.82, 2.24) is 0 Å². The number of hydrogen-bond donors (Lipinski definition) is 2. The lowest BCUT2D eigenvalue weighted by Gasteiger charge is -2.15. The van der Waals surface area contributed by atoms with E-state index in [0.29, 0.717) is 18.8 Å². The van der Waals surface area contributed by atoms with Crippen molar-refractivity contribution in [3.05, 3.63) is 34.9 Å². The fourth-order valence-corrected chi connectivity index (χ4v) is 2.74. The molecule has 4 nitrogen and oxygen atoms in total. The van der Waals surface area contributed by atoms with E-state index in [1.54, 1.807) is 12.1 Å². The van der Waals surface area contributed by atoms with Crippen molar-refractivity contribution in [3.8, 4) is 0 Å². The summed E-state index contributed by atoms with van der Waals surface area (Å²) >= 11 is 0. The lowest BCUT2D eigenvalue weighted by atomic mass is 9.89. The predicted octanol–water partition coefficient (Wildman–Crippen LogP) is 3.70. The second-order valence-corrected chi connectivity index (χ2v) is 5.87. The molecule has 1 atom stereocenters. The summed E-state index contributed by atoms with van der Waals surface area (Å²) in [5.41, 5.74) is 2.29. The van der Waals surface area contributed by atoms with Gasteiger partial charge >= 0.3 is 11.9 Å². The van der Waals surface area contributed by atoms with Gasteiger partial charge in [-0.05, 0) is 54.9 Å². The van der Waals surface area contributed by atoms with Crippen LogP contribution in [-0.2, 0) is 11.2 Å². The zero-order valence-electron chi connectivity index (χ0n) is 12.3. The van der Waals surface area contributed by atoms with E-state index in [-0.39, 0.29) is 5.56 Å². The summed E-state index contributed by atoms with van der Waals surface area (Å²) < 4.78 is 0. The van der Waals surface area contributed by atoms with Gasteiger partial charge in [-0.3, -0.25) is 4.79 Å². The summed E-state index contributed by atoms with van der Waals surface area (Å²) in [7, 11) is 0. The van der Waals surface area contributed by atoms with Crippen LogP contribution in [0.4, 0.5) is 0 Å². The van der Waals surface area contributed by atoms with E-state index >= 15 is 0 Å². The molecule has 0 amide bonds. The Balaban J connectivity index is 2.24. The molecule has 0 spiro atoms. The molecule has 2 N–H and O–H groups in total. The number of rotatable bonds is 8. The third kappa shape index (κ3) is 4.06. The number of aromatic carboxylic acids is 1. The highest BCUT2D eigenvalue weighted by atomic mass is 16.4. The third-order valence-electron chi connectivity index (χ3n) is 4.13. The van der Waals surface area contributed by atoms with Gasteiger partial charge in [0.1, 0.15) is 0 Å². The van der Waals surface area contributed by atoms with Crippen LogP contribution in [0.1, 0.15) is 66.4 Å². The van der Waals surface area contributed by atoms with Crippen LogP contribution in [0.2, 0.25) is 0 Å². The van der Waals surface area contributed by atoms with Gasteiger partial charge in [0, 0.05) is 0 Å². The minimum Gasteiger partial charge on any atom is -0.481 e. The molecule has 0 aliphatic heterocycles. The Morgan fingerprint density at radius 1 is 1.29 bits per heavy atom. The molecule has 0 radical (unpaired) electrons. The molecule has 1 aromatic rings. The fourth-order valence-electron chi connectivity index (χ4n) is 2.74. The predicted molar refractivity (Wildman–Crippen MR) is 79.7 cm³/mol. The molecule has 2 rings (SSSR count). The SMILES string of the molecule is CCCCC(Cc1cc(C(=O)O)ccc1C1CC1)C(=O)O. The van der Waals surface area contributed by atoms with Gasteiger partial charge in [0.2, 0.25) is 0 Å². The van der Waals surface area contributed by atoms with Crippen molar-refractivity contribution in [2.24, 2.45) is 5.92 Å². The lowest BCUT2D eigenvalue weighted by molar-refractivity contribution is -0.142. The first-order valence-corrected chi connectivity index (χ1v) is 7.61. The number of carbonyl (C=O) groups is 2. The zero-order valence-corrected chi connectivity index (χ0v) is 12.3. The molecule has 1 aliphatic carbocycles. The Morgan fingerprint density at radius 2 is 2.00 bits per heavy atom. The van der Waals surface area contributed by atoms with Crippen LogP contribution in [0.5, 0.6) is 0 Å². The summed E-state index contributed by atoms with van der Waals surface area (Å²) in [6, 6.07) is 5.16. The van der Waals surface area contributed by atoms with Crippen LogP contribution in [0.15, 0.2) is 18.2 Å². The normalized spacial score (nSPS) is 15.7. The average Bonchev–Trinajstić information content (AvgIpc) is 3.27. The van der Waals surface area contributed by atoms with Gasteiger partial charge in [0.05, 0.1) is 11.5 Å². The Morgan fingerprint density at radius 3 is 2.52 bits per heavy atom. The quantitative estimate of drug-likeness (QED) is 0.765. The lowest BCUT2D eigenvalue weighted by Crippen LogP contribution is -2.17. The van der Waals surface area contributed by atoms with Crippen LogP contribution < -0.4 is 0 Å². The first kappa shape index (κ1) is 15.5. The number of hydrogen-bond acceptors (Lipinski definition) is 2. The first-order chi connectivity index (χ1) is 10.0. The summed E-state index contributed by atoms with van der Waals surface area (Å²) in [5, 5.41) is 18.5.